The summed E-state index contributed by atoms with van der Waals surface area (Å²) in [6, 6.07) is 37.7. The average Bonchev–Trinajstić information content (AvgIpc) is 3.61. The summed E-state index contributed by atoms with van der Waals surface area (Å²) in [4.78, 5) is 0. The van der Waals surface area contributed by atoms with Gasteiger partial charge in [0, 0.05) is 0 Å². The first-order chi connectivity index (χ1) is 17.4. The molecule has 0 fully saturated rings. The molecule has 0 amide bonds. The zero-order chi connectivity index (χ0) is 25.4. The summed E-state index contributed by atoms with van der Waals surface area (Å²) >= 11 is 1.46. The smallest absolute Gasteiger partial charge is 0.0253 e. The molecular formula is C35H32Cl2Zr-2. The molecule has 0 saturated heterocycles. The van der Waals surface area contributed by atoms with E-state index in [9.17, 15) is 0 Å². The van der Waals surface area contributed by atoms with Crippen molar-refractivity contribution in [3.8, 4) is 11.1 Å². The van der Waals surface area contributed by atoms with Gasteiger partial charge in [-0.2, -0.15) is 35.9 Å². The number of rotatable bonds is 2. The summed E-state index contributed by atoms with van der Waals surface area (Å²) in [5, 5.41) is 0. The van der Waals surface area contributed by atoms with Gasteiger partial charge in [0.15, 0.2) is 0 Å². The molecule has 192 valence electrons. The van der Waals surface area contributed by atoms with Crippen LogP contribution in [0.25, 0.3) is 11.1 Å². The zero-order valence-electron chi connectivity index (χ0n) is 22.1. The number of hydrogen-bond acceptors (Lipinski definition) is 0. The minimum atomic E-state index is 0. The molecule has 0 heterocycles. The Hall–Kier alpha value is -2.31. The molecule has 0 atom stereocenters. The Labute approximate surface area is 256 Å². The number of hydrogen-bond donors (Lipinski definition) is 0. The van der Waals surface area contributed by atoms with Crippen LogP contribution in [0.15, 0.2) is 115 Å². The standard InChI is InChI=1S/C17H18.C13H9.C5H5.2ClH.Zr/c1-17(2,3)16-11-9-15(10-12-16)13-14-7-5-4-6-8-14;1-3-7-12-10(5-1)9-11-6-2-4-8-13(11)12;1-2-4-5-3-1;;;/h4-12H,1-3H3;1-5,7-8H,9H2;1-3H,4H2;2*1H;/q;2*-1;;;+2/p-2. The van der Waals surface area contributed by atoms with E-state index < -0.39 is 0 Å². The van der Waals surface area contributed by atoms with E-state index >= 15 is 0 Å². The van der Waals surface area contributed by atoms with Crippen LogP contribution < -0.4 is 24.8 Å². The quantitative estimate of drug-likeness (QED) is 0.268. The van der Waals surface area contributed by atoms with Gasteiger partial charge >= 0.3 is 125 Å². The number of allylic oxidation sites excluding steroid dienone is 4. The topological polar surface area (TPSA) is 0 Å². The van der Waals surface area contributed by atoms with E-state index in [-0.39, 0.29) is 30.2 Å². The van der Waals surface area contributed by atoms with Gasteiger partial charge in [-0.25, -0.2) is 12.2 Å². The van der Waals surface area contributed by atoms with Crippen LogP contribution in [0, 0.1) is 12.1 Å². The molecule has 0 radical (unpaired) electrons. The van der Waals surface area contributed by atoms with Crippen LogP contribution >= 0.6 is 0 Å². The Bertz CT molecular complexity index is 1310. The summed E-state index contributed by atoms with van der Waals surface area (Å²) in [7, 11) is 0. The Balaban J connectivity index is 0.000000221. The molecule has 0 aliphatic heterocycles. The third-order valence-corrected chi connectivity index (χ3v) is 7.72. The molecule has 38 heavy (non-hydrogen) atoms. The monoisotopic (exact) mass is 612 g/mol. The van der Waals surface area contributed by atoms with Gasteiger partial charge in [0.1, 0.15) is 0 Å². The zero-order valence-corrected chi connectivity index (χ0v) is 26.1. The molecule has 6 rings (SSSR count). The molecule has 0 nitrogen and oxygen atoms in total. The summed E-state index contributed by atoms with van der Waals surface area (Å²) < 4.78 is 1.42. The molecule has 0 bridgehead atoms. The average molecular weight is 615 g/mol. The molecule has 0 aromatic heterocycles. The van der Waals surface area contributed by atoms with E-state index in [1.807, 2.05) is 18.2 Å². The van der Waals surface area contributed by atoms with E-state index in [2.05, 4.69) is 130 Å². The maximum atomic E-state index is 3.30. The fourth-order valence-corrected chi connectivity index (χ4v) is 5.07. The van der Waals surface area contributed by atoms with Crippen LogP contribution in [0.5, 0.6) is 0 Å². The summed E-state index contributed by atoms with van der Waals surface area (Å²) in [6.07, 6.45) is 11.0. The largest absolute Gasteiger partial charge is 1.00 e. The van der Waals surface area contributed by atoms with Crippen LogP contribution in [0.2, 0.25) is 0 Å². The SMILES string of the molecule is CC(C)(C)c1ccc([C](=[Zr+2])c2ccccc2)cc1.[C-]1=CC=CC1.[Cl-].[Cl-].[c-]1cccc2c1Cc1ccccc1-2. The Morgan fingerprint density at radius 2 is 1.37 bits per heavy atom. The van der Waals surface area contributed by atoms with E-state index in [1.165, 1.54) is 66.4 Å². The summed E-state index contributed by atoms with van der Waals surface area (Å²) in [5.74, 6) is 0. The van der Waals surface area contributed by atoms with Crippen molar-refractivity contribution in [1.82, 2.24) is 0 Å². The van der Waals surface area contributed by atoms with Gasteiger partial charge in [0.05, 0.1) is 0 Å². The molecule has 4 aromatic carbocycles. The van der Waals surface area contributed by atoms with Gasteiger partial charge in [-0.05, 0) is 6.42 Å². The second kappa shape index (κ2) is 15.3. The summed E-state index contributed by atoms with van der Waals surface area (Å²) in [5.41, 5.74) is 9.80. The van der Waals surface area contributed by atoms with Crippen molar-refractivity contribution < 1.29 is 49.0 Å². The predicted octanol–water partition coefficient (Wildman–Crippen LogP) is 2.47. The molecular weight excluding hydrogens is 583 g/mol. The van der Waals surface area contributed by atoms with Gasteiger partial charge in [-0.3, -0.25) is 6.08 Å². The van der Waals surface area contributed by atoms with Crippen LogP contribution in [0.4, 0.5) is 0 Å². The van der Waals surface area contributed by atoms with E-state index in [4.69, 9.17) is 0 Å². The first-order valence-corrected chi connectivity index (χ1v) is 13.7. The molecule has 0 N–H and O–H groups in total. The predicted molar refractivity (Wildman–Crippen MR) is 150 cm³/mol. The minimum Gasteiger partial charge on any atom is -1.00 e. The molecule has 2 aliphatic rings. The number of halogens is 2. The van der Waals surface area contributed by atoms with Crippen molar-refractivity contribution in [2.75, 3.05) is 0 Å². The van der Waals surface area contributed by atoms with Crippen LogP contribution in [-0.4, -0.2) is 3.21 Å². The van der Waals surface area contributed by atoms with Gasteiger partial charge in [-0.15, -0.1) is 12.0 Å². The van der Waals surface area contributed by atoms with Crippen LogP contribution in [0.1, 0.15) is 55.0 Å². The van der Waals surface area contributed by atoms with Gasteiger partial charge in [-0.1, -0.05) is 35.4 Å². The van der Waals surface area contributed by atoms with Gasteiger partial charge in [0.25, 0.3) is 0 Å². The molecule has 4 aromatic rings. The maximum absolute atomic E-state index is 3.30. The van der Waals surface area contributed by atoms with E-state index in [0.29, 0.717) is 0 Å². The minimum absolute atomic E-state index is 0. The van der Waals surface area contributed by atoms with Crippen molar-refractivity contribution in [2.24, 2.45) is 0 Å². The van der Waals surface area contributed by atoms with Crippen molar-refractivity contribution >= 4 is 3.21 Å². The fraction of sp³-hybridized carbons (Fsp3) is 0.171. The Morgan fingerprint density at radius 1 is 0.737 bits per heavy atom. The second-order valence-electron chi connectivity index (χ2n) is 9.97. The van der Waals surface area contributed by atoms with E-state index in [0.717, 1.165) is 12.8 Å². The van der Waals surface area contributed by atoms with Crippen molar-refractivity contribution in [1.29, 1.82) is 0 Å². The molecule has 0 unspecified atom stereocenters. The summed E-state index contributed by atoms with van der Waals surface area (Å²) in [6.45, 7) is 6.75. The number of benzene rings is 4. The third kappa shape index (κ3) is 8.60. The maximum Gasteiger partial charge on any atom is -0.0253 e. The molecule has 0 saturated carbocycles. The van der Waals surface area contributed by atoms with Gasteiger partial charge < -0.3 is 24.8 Å². The Morgan fingerprint density at radius 3 is 1.97 bits per heavy atom. The van der Waals surface area contributed by atoms with Crippen LogP contribution in [-0.2, 0) is 36.1 Å². The molecule has 2 aliphatic carbocycles. The first kappa shape index (κ1) is 31.9. The Kier molecular flexibility index (Phi) is 12.9. The van der Waals surface area contributed by atoms with E-state index in [1.54, 1.807) is 0 Å². The first-order valence-electron chi connectivity index (χ1n) is 12.5. The molecule has 0 spiro atoms. The van der Waals surface area contributed by atoms with Crippen molar-refractivity contribution in [2.45, 2.75) is 39.0 Å². The third-order valence-electron chi connectivity index (χ3n) is 6.30. The number of fused-ring (bicyclic) bond motifs is 3. The molecule has 3 heteroatoms. The van der Waals surface area contributed by atoms with Crippen molar-refractivity contribution in [3.05, 3.63) is 155 Å². The normalized spacial score (nSPS) is 11.9. The van der Waals surface area contributed by atoms with Gasteiger partial charge in [0.2, 0.25) is 0 Å². The van der Waals surface area contributed by atoms with Crippen molar-refractivity contribution in [3.63, 3.8) is 0 Å². The fourth-order valence-electron chi connectivity index (χ4n) is 4.25. The van der Waals surface area contributed by atoms with Crippen LogP contribution in [0.3, 0.4) is 0 Å². The second-order valence-corrected chi connectivity index (χ2v) is 11.2.